The molecule has 0 heterocycles. The molecule has 80 valence electrons. The fraction of sp³-hybridized carbons (Fsp3) is 0.300. The van der Waals surface area contributed by atoms with Crippen molar-refractivity contribution in [3.8, 4) is 6.07 Å². The van der Waals surface area contributed by atoms with E-state index in [9.17, 15) is 8.76 Å². The molecule has 0 aliphatic rings. The van der Waals surface area contributed by atoms with Crippen LogP contribution in [0.15, 0.2) is 18.2 Å². The average Bonchev–Trinajstić information content (AvgIpc) is 2.17. The number of nitriles is 1. The quantitative estimate of drug-likeness (QED) is 0.795. The molecule has 0 saturated heterocycles. The van der Waals surface area contributed by atoms with Gasteiger partial charge in [-0.2, -0.15) is 5.26 Å². The van der Waals surface area contributed by atoms with Crippen LogP contribution in [0.1, 0.15) is 30.9 Å². The summed E-state index contributed by atoms with van der Waals surface area (Å²) in [6, 6.07) is 7.06. The predicted molar refractivity (Wildman–Crippen MR) is 57.8 cm³/mol. The number of benzene rings is 1. The van der Waals surface area contributed by atoms with E-state index in [2.05, 4.69) is 4.72 Å². The van der Waals surface area contributed by atoms with Gasteiger partial charge in [-0.15, -0.1) is 0 Å². The Kier molecular flexibility index (Phi) is 3.83. The van der Waals surface area contributed by atoms with E-state index < -0.39 is 11.3 Å². The molecular formula is C10H11N2O2S-. The molecule has 15 heavy (non-hydrogen) atoms. The maximum atomic E-state index is 10.4. The molecule has 4 nitrogen and oxygen atoms in total. The second kappa shape index (κ2) is 4.91. The lowest BCUT2D eigenvalue weighted by Gasteiger charge is -2.12. The fourth-order valence-electron chi connectivity index (χ4n) is 1.19. The van der Waals surface area contributed by atoms with Crippen LogP contribution in [0.25, 0.3) is 0 Å². The van der Waals surface area contributed by atoms with Crippen molar-refractivity contribution in [1.29, 1.82) is 5.26 Å². The van der Waals surface area contributed by atoms with Gasteiger partial charge in [0.2, 0.25) is 0 Å². The fourth-order valence-corrected chi connectivity index (χ4v) is 1.55. The van der Waals surface area contributed by atoms with Gasteiger partial charge in [0.1, 0.15) is 6.07 Å². The van der Waals surface area contributed by atoms with Crippen LogP contribution in [0, 0.1) is 11.3 Å². The van der Waals surface area contributed by atoms with Gasteiger partial charge in [0.25, 0.3) is 0 Å². The van der Waals surface area contributed by atoms with E-state index in [0.29, 0.717) is 17.2 Å². The van der Waals surface area contributed by atoms with Crippen molar-refractivity contribution in [2.45, 2.75) is 19.8 Å². The number of rotatable bonds is 3. The van der Waals surface area contributed by atoms with Crippen molar-refractivity contribution >= 4 is 17.0 Å². The highest BCUT2D eigenvalue weighted by molar-refractivity contribution is 7.80. The first-order valence-corrected chi connectivity index (χ1v) is 5.52. The summed E-state index contributed by atoms with van der Waals surface area (Å²) < 4.78 is 23.1. The number of anilines is 1. The number of hydrogen-bond acceptors (Lipinski definition) is 3. The minimum atomic E-state index is -2.40. The van der Waals surface area contributed by atoms with E-state index in [-0.39, 0.29) is 0 Å². The van der Waals surface area contributed by atoms with Gasteiger partial charge in [-0.1, -0.05) is 19.9 Å². The normalized spacial score (nSPS) is 12.2. The van der Waals surface area contributed by atoms with Crippen LogP contribution >= 0.6 is 0 Å². The zero-order valence-electron chi connectivity index (χ0n) is 8.48. The minimum Gasteiger partial charge on any atom is -0.755 e. The molecule has 0 aliphatic carbocycles. The third-order valence-electron chi connectivity index (χ3n) is 2.02. The van der Waals surface area contributed by atoms with Crippen LogP contribution in [0.3, 0.4) is 0 Å². The summed E-state index contributed by atoms with van der Waals surface area (Å²) in [4.78, 5) is 0. The van der Waals surface area contributed by atoms with Crippen molar-refractivity contribution in [1.82, 2.24) is 0 Å². The van der Waals surface area contributed by atoms with Crippen LogP contribution in [0.4, 0.5) is 5.69 Å². The summed E-state index contributed by atoms with van der Waals surface area (Å²) in [6.45, 7) is 4.02. The zero-order valence-corrected chi connectivity index (χ0v) is 9.30. The minimum absolute atomic E-state index is 0.309. The Bertz CT molecular complexity index is 424. The van der Waals surface area contributed by atoms with E-state index in [1.165, 1.54) is 0 Å². The van der Waals surface area contributed by atoms with Crippen LogP contribution in [0.2, 0.25) is 0 Å². The molecule has 1 aromatic rings. The molecule has 0 amide bonds. The van der Waals surface area contributed by atoms with Gasteiger partial charge in [-0.05, 0) is 23.6 Å². The molecule has 1 rings (SSSR count). The third-order valence-corrected chi connectivity index (χ3v) is 2.41. The number of nitrogens with zero attached hydrogens (tertiary/aromatic N) is 1. The third kappa shape index (κ3) is 3.05. The number of hydrogen-bond donors (Lipinski definition) is 1. The zero-order chi connectivity index (χ0) is 11.4. The molecule has 0 bridgehead atoms. The van der Waals surface area contributed by atoms with Crippen LogP contribution < -0.4 is 4.72 Å². The monoisotopic (exact) mass is 223 g/mol. The van der Waals surface area contributed by atoms with Crippen molar-refractivity contribution in [2.75, 3.05) is 4.72 Å². The van der Waals surface area contributed by atoms with Gasteiger partial charge in [0.15, 0.2) is 0 Å². The second-order valence-electron chi connectivity index (χ2n) is 3.41. The second-order valence-corrected chi connectivity index (χ2v) is 4.08. The largest absolute Gasteiger partial charge is 0.755 e. The lowest BCUT2D eigenvalue weighted by Crippen LogP contribution is -2.04. The summed E-state index contributed by atoms with van der Waals surface area (Å²) in [5.74, 6) is 0.309. The van der Waals surface area contributed by atoms with Crippen molar-refractivity contribution in [3.63, 3.8) is 0 Å². The van der Waals surface area contributed by atoms with E-state index in [1.807, 2.05) is 19.9 Å². The molecule has 0 fully saturated rings. The van der Waals surface area contributed by atoms with Gasteiger partial charge < -0.3 is 9.27 Å². The predicted octanol–water partition coefficient (Wildman–Crippen LogP) is 1.89. The van der Waals surface area contributed by atoms with Gasteiger partial charge >= 0.3 is 0 Å². The van der Waals surface area contributed by atoms with Crippen LogP contribution in [-0.2, 0) is 11.3 Å². The van der Waals surface area contributed by atoms with Crippen molar-refractivity contribution in [3.05, 3.63) is 29.3 Å². The molecular weight excluding hydrogens is 212 g/mol. The maximum absolute atomic E-state index is 10.4. The van der Waals surface area contributed by atoms with Gasteiger partial charge in [-0.25, -0.2) is 0 Å². The first-order valence-electron chi connectivity index (χ1n) is 4.44. The molecule has 1 atom stereocenters. The maximum Gasteiger partial charge on any atom is 0.101 e. The topological polar surface area (TPSA) is 75.9 Å². The Hall–Kier alpha value is -1.38. The molecule has 5 heteroatoms. The molecule has 0 saturated carbocycles. The highest BCUT2D eigenvalue weighted by Crippen LogP contribution is 2.21. The van der Waals surface area contributed by atoms with Gasteiger partial charge in [0.05, 0.1) is 11.3 Å². The Morgan fingerprint density at radius 1 is 1.53 bits per heavy atom. The van der Waals surface area contributed by atoms with Crippen molar-refractivity contribution in [2.24, 2.45) is 0 Å². The van der Waals surface area contributed by atoms with E-state index >= 15 is 0 Å². The number of nitrogens with one attached hydrogen (secondary N) is 1. The molecule has 1 aromatic carbocycles. The Morgan fingerprint density at radius 3 is 2.67 bits per heavy atom. The standard InChI is InChI=1S/C10H12N2O2S/c1-7(2)8-3-4-10(12-15(13)14)9(5-8)6-11/h3-5,7,12H,1-2H3,(H,13,14)/p-1. The van der Waals surface area contributed by atoms with Gasteiger partial charge in [-0.3, -0.25) is 4.21 Å². The molecule has 0 aromatic heterocycles. The highest BCUT2D eigenvalue weighted by atomic mass is 32.2. The van der Waals surface area contributed by atoms with E-state index in [0.717, 1.165) is 5.56 Å². The van der Waals surface area contributed by atoms with Crippen LogP contribution in [0.5, 0.6) is 0 Å². The van der Waals surface area contributed by atoms with Gasteiger partial charge in [0, 0.05) is 11.3 Å². The first kappa shape index (κ1) is 11.7. The Morgan fingerprint density at radius 2 is 2.20 bits per heavy atom. The lowest BCUT2D eigenvalue weighted by atomic mass is 10.0. The summed E-state index contributed by atoms with van der Waals surface area (Å²) in [5, 5.41) is 8.85. The average molecular weight is 223 g/mol. The first-order chi connectivity index (χ1) is 7.04. The Balaban J connectivity index is 3.10. The smallest absolute Gasteiger partial charge is 0.101 e. The summed E-state index contributed by atoms with van der Waals surface area (Å²) in [5.41, 5.74) is 1.66. The lowest BCUT2D eigenvalue weighted by molar-refractivity contribution is 0.542. The molecule has 1 unspecified atom stereocenters. The summed E-state index contributed by atoms with van der Waals surface area (Å²) in [6.07, 6.45) is 0. The van der Waals surface area contributed by atoms with Crippen molar-refractivity contribution < 1.29 is 8.76 Å². The molecule has 0 radical (unpaired) electrons. The van der Waals surface area contributed by atoms with E-state index in [1.54, 1.807) is 18.2 Å². The van der Waals surface area contributed by atoms with Crippen LogP contribution in [-0.4, -0.2) is 8.76 Å². The summed E-state index contributed by atoms with van der Waals surface area (Å²) >= 11 is -2.40. The summed E-state index contributed by atoms with van der Waals surface area (Å²) in [7, 11) is 0. The SMILES string of the molecule is CC(C)c1ccc(NS(=O)[O-])c(C#N)c1. The van der Waals surface area contributed by atoms with E-state index in [4.69, 9.17) is 5.26 Å². The Labute approximate surface area is 91.3 Å². The molecule has 1 N–H and O–H groups in total. The molecule has 0 aliphatic heterocycles. The molecule has 0 spiro atoms. The highest BCUT2D eigenvalue weighted by Gasteiger charge is 2.05.